The Bertz CT molecular complexity index is 2310. The summed E-state index contributed by atoms with van der Waals surface area (Å²) in [6, 6.07) is 52.2. The van der Waals surface area contributed by atoms with E-state index in [1.54, 1.807) is 0 Å². The second-order valence-corrected chi connectivity index (χ2v) is 23.6. The summed E-state index contributed by atoms with van der Waals surface area (Å²) < 4.78 is 7.76. The van der Waals surface area contributed by atoms with Gasteiger partial charge in [-0.25, -0.2) is 0 Å². The van der Waals surface area contributed by atoms with Crippen LogP contribution in [0.3, 0.4) is 0 Å². The average Bonchev–Trinajstić information content (AvgIpc) is 3.51. The minimum Gasteiger partial charge on any atom is 0 e. The third kappa shape index (κ3) is 7.53. The standard InChI is InChI=1S/C30H20NO.C14H16GeN.Ir/c1-20-17-28(31-19-27(20)22-11-6-3-7-12-22)25-14-8-13-24-26-18-23(21-9-4-2-5-10-21)15-16-29(26)32-30(24)25;1-15(2,3)13-9-10-14(16-11-13)12-7-5-4-6-8-12;/h2-13,15-19H,1H3;4-7,9-11H,1-3H3;/q2*-1;. The maximum Gasteiger partial charge on any atom is 0 e. The molecule has 0 bridgehead atoms. The molecule has 5 aromatic carbocycles. The molecule has 0 aliphatic heterocycles. The zero-order valence-electron chi connectivity index (χ0n) is 28.0. The zero-order chi connectivity index (χ0) is 33.1. The van der Waals surface area contributed by atoms with Crippen LogP contribution >= 0.6 is 0 Å². The number of pyridine rings is 2. The van der Waals surface area contributed by atoms with Crippen molar-refractivity contribution >= 4 is 39.6 Å². The van der Waals surface area contributed by atoms with E-state index in [-0.39, 0.29) is 20.1 Å². The smallest absolute Gasteiger partial charge is 0 e. The zero-order valence-corrected chi connectivity index (χ0v) is 32.5. The van der Waals surface area contributed by atoms with Gasteiger partial charge in [0.25, 0.3) is 0 Å². The predicted octanol–water partition coefficient (Wildman–Crippen LogP) is 11.2. The molecule has 8 aromatic rings. The van der Waals surface area contributed by atoms with Crippen LogP contribution in [0.25, 0.3) is 66.7 Å². The van der Waals surface area contributed by atoms with Crippen molar-refractivity contribution in [2.75, 3.05) is 0 Å². The van der Waals surface area contributed by atoms with Gasteiger partial charge >= 0.3 is 99.8 Å². The number of hydrogen-bond donors (Lipinski definition) is 0. The van der Waals surface area contributed by atoms with E-state index in [2.05, 4.69) is 132 Å². The maximum atomic E-state index is 6.31. The molecule has 0 aliphatic rings. The average molecular weight is 874 g/mol. The molecule has 3 nitrogen and oxygen atoms in total. The first-order chi connectivity index (χ1) is 23.3. The molecule has 0 spiro atoms. The summed E-state index contributed by atoms with van der Waals surface area (Å²) >= 11 is -1.72. The van der Waals surface area contributed by atoms with Crippen LogP contribution in [0.15, 0.2) is 150 Å². The molecule has 0 amide bonds. The number of benzene rings is 5. The Labute approximate surface area is 304 Å². The number of fused-ring (bicyclic) bond motifs is 3. The van der Waals surface area contributed by atoms with Gasteiger partial charge in [-0.05, 0) is 47.0 Å². The van der Waals surface area contributed by atoms with Crippen LogP contribution in [0.5, 0.6) is 0 Å². The van der Waals surface area contributed by atoms with Crippen LogP contribution < -0.4 is 4.40 Å². The van der Waals surface area contributed by atoms with Crippen molar-refractivity contribution in [3.05, 3.63) is 164 Å². The molecule has 0 atom stereocenters. The Balaban J connectivity index is 0.000000208. The van der Waals surface area contributed by atoms with E-state index < -0.39 is 13.3 Å². The Kier molecular flexibility index (Phi) is 10.4. The summed E-state index contributed by atoms with van der Waals surface area (Å²) in [5.74, 6) is 7.14. The topological polar surface area (TPSA) is 38.9 Å². The van der Waals surface area contributed by atoms with Crippen molar-refractivity contribution in [1.82, 2.24) is 9.97 Å². The van der Waals surface area contributed by atoms with E-state index in [4.69, 9.17) is 9.40 Å². The van der Waals surface area contributed by atoms with Gasteiger partial charge in [0.2, 0.25) is 0 Å². The van der Waals surface area contributed by atoms with Gasteiger partial charge in [0.15, 0.2) is 0 Å². The van der Waals surface area contributed by atoms with Crippen molar-refractivity contribution in [3.63, 3.8) is 0 Å². The molecular formula is C44H36GeIrN2O-2. The normalized spacial score (nSPS) is 11.1. The largest absolute Gasteiger partial charge is 0 e. The molecule has 0 saturated heterocycles. The van der Waals surface area contributed by atoms with Crippen LogP contribution in [-0.4, -0.2) is 23.2 Å². The summed E-state index contributed by atoms with van der Waals surface area (Å²) in [6.07, 6.45) is 3.99. The fraction of sp³-hybridized carbons (Fsp3) is 0.0909. The predicted molar refractivity (Wildman–Crippen MR) is 203 cm³/mol. The number of furan rings is 1. The molecule has 3 aromatic heterocycles. The molecule has 243 valence electrons. The van der Waals surface area contributed by atoms with Crippen molar-refractivity contribution < 1.29 is 24.5 Å². The molecule has 8 rings (SSSR count). The van der Waals surface area contributed by atoms with Crippen LogP contribution in [0.4, 0.5) is 0 Å². The van der Waals surface area contributed by atoms with E-state index in [9.17, 15) is 0 Å². The summed E-state index contributed by atoms with van der Waals surface area (Å²) in [4.78, 5) is 9.31. The summed E-state index contributed by atoms with van der Waals surface area (Å²) in [6.45, 7) is 2.12. The first kappa shape index (κ1) is 34.3. The molecule has 49 heavy (non-hydrogen) atoms. The van der Waals surface area contributed by atoms with Crippen molar-refractivity contribution in [3.8, 4) is 44.8 Å². The second-order valence-electron chi connectivity index (χ2n) is 13.0. The number of hydrogen-bond acceptors (Lipinski definition) is 3. The SMILES string of the molecule is Cc1cc(-c2[c-]ccc3c2oc2ccc(-c4ccccc4)cc23)ncc1-c1ccccc1.[CH3][Ge]([CH3])([CH3])[c]1ccc(-c2[c-]cccc2)nc1.[Ir]. The van der Waals surface area contributed by atoms with Crippen LogP contribution in [-0.2, 0) is 20.1 Å². The molecule has 0 fully saturated rings. The number of nitrogens with zero attached hydrogens (tertiary/aromatic N) is 2. The second kappa shape index (κ2) is 14.9. The Morgan fingerprint density at radius 1 is 0.592 bits per heavy atom. The van der Waals surface area contributed by atoms with Gasteiger partial charge in [-0.3, -0.25) is 0 Å². The fourth-order valence-electron chi connectivity index (χ4n) is 5.90. The number of aryl methyl sites for hydroxylation is 1. The minimum absolute atomic E-state index is 0. The van der Waals surface area contributed by atoms with E-state index in [1.807, 2.05) is 54.9 Å². The van der Waals surface area contributed by atoms with Gasteiger partial charge in [-0.2, -0.15) is 0 Å². The number of aromatic nitrogens is 2. The monoisotopic (exact) mass is 875 g/mol. The van der Waals surface area contributed by atoms with E-state index in [0.717, 1.165) is 50.0 Å². The van der Waals surface area contributed by atoms with Gasteiger partial charge in [0.1, 0.15) is 5.58 Å². The van der Waals surface area contributed by atoms with Gasteiger partial charge in [0.05, 0.1) is 5.58 Å². The first-order valence-electron chi connectivity index (χ1n) is 16.2. The van der Waals surface area contributed by atoms with E-state index in [0.29, 0.717) is 0 Å². The summed E-state index contributed by atoms with van der Waals surface area (Å²) in [7, 11) is 0. The molecule has 0 unspecified atom stereocenters. The number of rotatable bonds is 5. The molecule has 0 saturated carbocycles. The van der Waals surface area contributed by atoms with Gasteiger partial charge < -0.3 is 9.40 Å². The Hall–Kier alpha value is -4.61. The van der Waals surface area contributed by atoms with Crippen LogP contribution in [0.1, 0.15) is 5.56 Å². The summed E-state index contributed by atoms with van der Waals surface area (Å²) in [5, 5.41) is 2.19. The van der Waals surface area contributed by atoms with Gasteiger partial charge in [-0.1, -0.05) is 83.7 Å². The third-order valence-corrected chi connectivity index (χ3v) is 12.9. The van der Waals surface area contributed by atoms with Crippen molar-refractivity contribution in [1.29, 1.82) is 0 Å². The van der Waals surface area contributed by atoms with Crippen LogP contribution in [0.2, 0.25) is 17.3 Å². The van der Waals surface area contributed by atoms with Crippen molar-refractivity contribution in [2.24, 2.45) is 0 Å². The molecule has 5 heteroatoms. The molecule has 0 aliphatic carbocycles. The molecular weight excluding hydrogens is 837 g/mol. The van der Waals surface area contributed by atoms with Gasteiger partial charge in [-0.15, -0.1) is 18.2 Å². The van der Waals surface area contributed by atoms with Gasteiger partial charge in [0, 0.05) is 37.3 Å². The maximum absolute atomic E-state index is 6.31. The third-order valence-electron chi connectivity index (χ3n) is 8.60. The van der Waals surface area contributed by atoms with E-state index >= 15 is 0 Å². The first-order valence-corrected chi connectivity index (χ1v) is 23.6. The Morgan fingerprint density at radius 2 is 1.31 bits per heavy atom. The molecule has 0 N–H and O–H groups in total. The Morgan fingerprint density at radius 3 is 1.96 bits per heavy atom. The molecule has 1 radical (unpaired) electrons. The minimum atomic E-state index is -1.72. The quantitative estimate of drug-likeness (QED) is 0.128. The van der Waals surface area contributed by atoms with Crippen molar-refractivity contribution in [2.45, 2.75) is 24.2 Å². The fourth-order valence-corrected chi connectivity index (χ4v) is 8.08. The summed E-state index contributed by atoms with van der Waals surface area (Å²) in [5.41, 5.74) is 11.4. The van der Waals surface area contributed by atoms with Crippen LogP contribution in [0, 0.1) is 19.1 Å². The van der Waals surface area contributed by atoms with E-state index in [1.165, 1.54) is 26.6 Å². The molecule has 3 heterocycles.